The van der Waals surface area contributed by atoms with Crippen molar-refractivity contribution in [3.8, 4) is 16.9 Å². The average molecular weight is 424 g/mol. The summed E-state index contributed by atoms with van der Waals surface area (Å²) in [7, 11) is 0. The molecule has 0 spiro atoms. The molecule has 0 aliphatic heterocycles. The molecule has 1 amide bonds. The Bertz CT molecular complexity index is 1040. The van der Waals surface area contributed by atoms with E-state index in [0.29, 0.717) is 16.3 Å². The highest BCUT2D eigenvalue weighted by molar-refractivity contribution is 7.17. The lowest BCUT2D eigenvalue weighted by Crippen LogP contribution is -2.21. The lowest BCUT2D eigenvalue weighted by Gasteiger charge is -2.12. The number of ether oxygens (including phenoxy) is 2. The summed E-state index contributed by atoms with van der Waals surface area (Å²) in [6.45, 7) is 7.67. The van der Waals surface area contributed by atoms with Gasteiger partial charge in [0.15, 0.2) is 6.61 Å². The Labute approximate surface area is 180 Å². The van der Waals surface area contributed by atoms with E-state index < -0.39 is 5.97 Å². The van der Waals surface area contributed by atoms with Crippen LogP contribution < -0.4 is 10.1 Å². The van der Waals surface area contributed by atoms with Gasteiger partial charge in [-0.3, -0.25) is 4.79 Å². The van der Waals surface area contributed by atoms with Crippen molar-refractivity contribution in [2.45, 2.75) is 27.7 Å². The quantitative estimate of drug-likeness (QED) is 0.507. The minimum Gasteiger partial charge on any atom is -0.483 e. The second-order valence-electron chi connectivity index (χ2n) is 6.88. The standard InChI is InChI=1S/C24H25NO4S/c1-5-28-24(27)21-20(18-12-7-6-8-13-18)17(4)30-23(21)25-19(26)14-29-22-15(2)10-9-11-16(22)3/h6-13H,5,14H2,1-4H3,(H,25,26). The van der Waals surface area contributed by atoms with E-state index in [-0.39, 0.29) is 19.1 Å². The van der Waals surface area contributed by atoms with Gasteiger partial charge in [-0.05, 0) is 44.4 Å². The number of benzene rings is 2. The topological polar surface area (TPSA) is 64.6 Å². The van der Waals surface area contributed by atoms with Crippen LogP contribution in [0.1, 0.15) is 33.3 Å². The van der Waals surface area contributed by atoms with Crippen LogP contribution in [0.3, 0.4) is 0 Å². The highest BCUT2D eigenvalue weighted by Gasteiger charge is 2.25. The number of aryl methyl sites for hydroxylation is 3. The van der Waals surface area contributed by atoms with Crippen molar-refractivity contribution >= 4 is 28.2 Å². The zero-order valence-electron chi connectivity index (χ0n) is 17.6. The second-order valence-corrected chi connectivity index (χ2v) is 8.11. The maximum Gasteiger partial charge on any atom is 0.341 e. The number of esters is 1. The fourth-order valence-corrected chi connectivity index (χ4v) is 4.39. The first-order valence-corrected chi connectivity index (χ1v) is 10.6. The summed E-state index contributed by atoms with van der Waals surface area (Å²) in [6, 6.07) is 15.4. The van der Waals surface area contributed by atoms with Crippen LogP contribution in [0.4, 0.5) is 5.00 Å². The fraction of sp³-hybridized carbons (Fsp3) is 0.250. The smallest absolute Gasteiger partial charge is 0.341 e. The van der Waals surface area contributed by atoms with Gasteiger partial charge in [-0.15, -0.1) is 11.3 Å². The van der Waals surface area contributed by atoms with Crippen molar-refractivity contribution in [1.29, 1.82) is 0 Å². The molecule has 1 aromatic heterocycles. The van der Waals surface area contributed by atoms with Crippen molar-refractivity contribution in [1.82, 2.24) is 0 Å². The van der Waals surface area contributed by atoms with Gasteiger partial charge in [0.1, 0.15) is 16.3 Å². The highest BCUT2D eigenvalue weighted by atomic mass is 32.1. The van der Waals surface area contributed by atoms with E-state index in [1.54, 1.807) is 6.92 Å². The maximum atomic E-state index is 12.7. The van der Waals surface area contributed by atoms with Crippen molar-refractivity contribution < 1.29 is 19.1 Å². The molecule has 0 bridgehead atoms. The Morgan fingerprint density at radius 3 is 2.27 bits per heavy atom. The first-order chi connectivity index (χ1) is 14.4. The van der Waals surface area contributed by atoms with Gasteiger partial charge in [0.25, 0.3) is 5.91 Å². The van der Waals surface area contributed by atoms with Crippen LogP contribution in [-0.2, 0) is 9.53 Å². The fourth-order valence-electron chi connectivity index (χ4n) is 3.31. The van der Waals surface area contributed by atoms with E-state index in [1.165, 1.54) is 11.3 Å². The lowest BCUT2D eigenvalue weighted by molar-refractivity contribution is -0.118. The zero-order chi connectivity index (χ0) is 21.7. The van der Waals surface area contributed by atoms with Gasteiger partial charge in [-0.2, -0.15) is 0 Å². The van der Waals surface area contributed by atoms with E-state index in [4.69, 9.17) is 9.47 Å². The third-order valence-corrected chi connectivity index (χ3v) is 5.66. The van der Waals surface area contributed by atoms with Crippen molar-refractivity contribution in [3.05, 3.63) is 70.1 Å². The van der Waals surface area contributed by atoms with Crippen LogP contribution in [0.5, 0.6) is 5.75 Å². The summed E-state index contributed by atoms with van der Waals surface area (Å²) >= 11 is 1.36. The second kappa shape index (κ2) is 9.59. The largest absolute Gasteiger partial charge is 0.483 e. The number of nitrogens with one attached hydrogen (secondary N) is 1. The van der Waals surface area contributed by atoms with E-state index in [1.807, 2.05) is 69.3 Å². The predicted octanol–water partition coefficient (Wildman–Crippen LogP) is 5.53. The van der Waals surface area contributed by atoms with E-state index in [9.17, 15) is 9.59 Å². The minimum atomic E-state index is -0.452. The number of anilines is 1. The molecule has 0 saturated carbocycles. The van der Waals surface area contributed by atoms with E-state index >= 15 is 0 Å². The minimum absolute atomic E-state index is 0.147. The Balaban J connectivity index is 1.86. The molecule has 2 aromatic carbocycles. The molecule has 0 radical (unpaired) electrons. The Kier molecular flexibility index (Phi) is 6.90. The highest BCUT2D eigenvalue weighted by Crippen LogP contribution is 2.40. The van der Waals surface area contributed by atoms with E-state index in [2.05, 4.69) is 5.32 Å². The number of rotatable bonds is 7. The van der Waals surface area contributed by atoms with Crippen LogP contribution in [0, 0.1) is 20.8 Å². The summed E-state index contributed by atoms with van der Waals surface area (Å²) in [6.07, 6.45) is 0. The van der Waals surface area contributed by atoms with Gasteiger partial charge in [0, 0.05) is 10.4 Å². The molecule has 156 valence electrons. The van der Waals surface area contributed by atoms with Gasteiger partial charge < -0.3 is 14.8 Å². The zero-order valence-corrected chi connectivity index (χ0v) is 18.4. The molecular formula is C24H25NO4S. The lowest BCUT2D eigenvalue weighted by atomic mass is 10.0. The molecule has 5 nitrogen and oxygen atoms in total. The van der Waals surface area contributed by atoms with Crippen molar-refractivity contribution in [3.63, 3.8) is 0 Å². The summed E-state index contributed by atoms with van der Waals surface area (Å²) in [4.78, 5) is 26.3. The molecule has 3 aromatic rings. The molecule has 0 aliphatic rings. The molecule has 30 heavy (non-hydrogen) atoms. The number of para-hydroxylation sites is 1. The molecule has 3 rings (SSSR count). The predicted molar refractivity (Wildman–Crippen MR) is 120 cm³/mol. The normalized spacial score (nSPS) is 10.5. The molecule has 0 saturated heterocycles. The maximum absolute atomic E-state index is 12.7. The number of carbonyl (C=O) groups excluding carboxylic acids is 2. The molecule has 0 atom stereocenters. The number of hydrogen-bond acceptors (Lipinski definition) is 5. The number of thiophene rings is 1. The molecule has 0 aliphatic carbocycles. The van der Waals surface area contributed by atoms with Gasteiger partial charge in [-0.25, -0.2) is 4.79 Å². The average Bonchev–Trinajstić information content (AvgIpc) is 3.04. The third-order valence-electron chi connectivity index (χ3n) is 4.64. The SMILES string of the molecule is CCOC(=O)c1c(NC(=O)COc2c(C)cccc2C)sc(C)c1-c1ccccc1. The summed E-state index contributed by atoms with van der Waals surface area (Å²) in [5, 5.41) is 3.32. The third kappa shape index (κ3) is 4.71. The van der Waals surface area contributed by atoms with Crippen LogP contribution in [0.15, 0.2) is 48.5 Å². The Hall–Kier alpha value is -3.12. The molecule has 1 N–H and O–H groups in total. The molecule has 6 heteroatoms. The van der Waals surface area contributed by atoms with Gasteiger partial charge in [0.2, 0.25) is 0 Å². The first kappa shape index (κ1) is 21.6. The van der Waals surface area contributed by atoms with Gasteiger partial charge in [-0.1, -0.05) is 48.5 Å². The Morgan fingerprint density at radius 1 is 0.967 bits per heavy atom. The summed E-state index contributed by atoms with van der Waals surface area (Å²) < 4.78 is 11.0. The first-order valence-electron chi connectivity index (χ1n) is 9.77. The number of carbonyl (C=O) groups is 2. The van der Waals surface area contributed by atoms with Crippen LogP contribution >= 0.6 is 11.3 Å². The van der Waals surface area contributed by atoms with Crippen LogP contribution in [-0.4, -0.2) is 25.1 Å². The monoisotopic (exact) mass is 423 g/mol. The summed E-state index contributed by atoms with van der Waals surface area (Å²) in [5.74, 6) is -0.0821. The van der Waals surface area contributed by atoms with Gasteiger partial charge >= 0.3 is 5.97 Å². The van der Waals surface area contributed by atoms with Crippen molar-refractivity contribution in [2.75, 3.05) is 18.5 Å². The Morgan fingerprint density at radius 2 is 1.63 bits per heavy atom. The summed E-state index contributed by atoms with van der Waals surface area (Å²) in [5.41, 5.74) is 4.00. The number of hydrogen-bond donors (Lipinski definition) is 1. The van der Waals surface area contributed by atoms with Crippen LogP contribution in [0.25, 0.3) is 11.1 Å². The van der Waals surface area contributed by atoms with E-state index in [0.717, 1.165) is 27.1 Å². The molecular weight excluding hydrogens is 398 g/mol. The molecule has 1 heterocycles. The van der Waals surface area contributed by atoms with Gasteiger partial charge in [0.05, 0.1) is 6.61 Å². The number of amides is 1. The molecule has 0 fully saturated rings. The van der Waals surface area contributed by atoms with Crippen molar-refractivity contribution in [2.24, 2.45) is 0 Å². The molecule has 0 unspecified atom stereocenters. The van der Waals surface area contributed by atoms with Crippen LogP contribution in [0.2, 0.25) is 0 Å².